The van der Waals surface area contributed by atoms with Gasteiger partial charge in [0.05, 0.1) is 17.6 Å². The molecule has 1 heterocycles. The summed E-state index contributed by atoms with van der Waals surface area (Å²) in [5, 5.41) is 7.54. The van der Waals surface area contributed by atoms with E-state index >= 15 is 0 Å². The minimum atomic E-state index is 0.474. The fourth-order valence-corrected chi connectivity index (χ4v) is 3.23. The average molecular weight is 393 g/mol. The summed E-state index contributed by atoms with van der Waals surface area (Å²) in [6, 6.07) is 25.7. The van der Waals surface area contributed by atoms with Gasteiger partial charge in [-0.3, -0.25) is 0 Å². The molecule has 4 nitrogen and oxygen atoms in total. The Morgan fingerprint density at radius 1 is 0.889 bits per heavy atom. The normalized spacial score (nSPS) is 10.7. The van der Waals surface area contributed by atoms with Gasteiger partial charge in [0.15, 0.2) is 5.11 Å². The lowest BCUT2D eigenvalue weighted by molar-refractivity contribution is 0.837. The van der Waals surface area contributed by atoms with E-state index in [1.54, 1.807) is 0 Å². The first-order valence-corrected chi connectivity index (χ1v) is 9.30. The fourth-order valence-electron chi connectivity index (χ4n) is 2.89. The fraction of sp³-hybridized carbons (Fsp3) is 0.0476. The molecule has 0 saturated carbocycles. The van der Waals surface area contributed by atoms with Crippen LogP contribution in [0.4, 0.5) is 11.6 Å². The average Bonchev–Trinajstić information content (AvgIpc) is 3.01. The van der Waals surface area contributed by atoms with Crippen molar-refractivity contribution in [1.82, 2.24) is 9.55 Å². The summed E-state index contributed by atoms with van der Waals surface area (Å²) in [6.07, 6.45) is 0. The second-order valence-electron chi connectivity index (χ2n) is 6.08. The quantitative estimate of drug-likeness (QED) is 0.447. The van der Waals surface area contributed by atoms with Crippen molar-refractivity contribution < 1.29 is 0 Å². The molecule has 4 rings (SSSR count). The van der Waals surface area contributed by atoms with Crippen molar-refractivity contribution >= 4 is 51.6 Å². The van der Waals surface area contributed by atoms with Crippen molar-refractivity contribution in [3.8, 4) is 0 Å². The summed E-state index contributed by atoms with van der Waals surface area (Å²) < 4.78 is 2.13. The standard InChI is InChI=1S/C21H17ClN4S/c22-16-10-12-17(13-11-16)23-21(27)25-20-24-18-8-4-5-9-19(18)26(20)14-15-6-2-1-3-7-15/h1-13H,14H2,(H2,23,24,25,27). The predicted octanol–water partition coefficient (Wildman–Crippen LogP) is 5.55. The van der Waals surface area contributed by atoms with E-state index in [2.05, 4.69) is 33.4 Å². The van der Waals surface area contributed by atoms with Gasteiger partial charge in [0.1, 0.15) is 0 Å². The van der Waals surface area contributed by atoms with Crippen molar-refractivity contribution in [3.05, 3.63) is 89.4 Å². The predicted molar refractivity (Wildman–Crippen MR) is 117 cm³/mol. The monoisotopic (exact) mass is 392 g/mol. The van der Waals surface area contributed by atoms with Crippen LogP contribution < -0.4 is 10.6 Å². The van der Waals surface area contributed by atoms with Gasteiger partial charge in [0, 0.05) is 10.7 Å². The molecule has 0 aliphatic rings. The van der Waals surface area contributed by atoms with Gasteiger partial charge in [-0.15, -0.1) is 0 Å². The lowest BCUT2D eigenvalue weighted by atomic mass is 10.2. The molecule has 2 N–H and O–H groups in total. The molecule has 0 radical (unpaired) electrons. The molecule has 0 aliphatic carbocycles. The summed E-state index contributed by atoms with van der Waals surface area (Å²) in [4.78, 5) is 4.71. The minimum absolute atomic E-state index is 0.474. The van der Waals surface area contributed by atoms with Gasteiger partial charge in [-0.1, -0.05) is 54.1 Å². The number of aromatic nitrogens is 2. The highest BCUT2D eigenvalue weighted by Gasteiger charge is 2.12. The topological polar surface area (TPSA) is 41.9 Å². The maximum Gasteiger partial charge on any atom is 0.210 e. The second-order valence-corrected chi connectivity index (χ2v) is 6.93. The van der Waals surface area contributed by atoms with Crippen LogP contribution in [0, 0.1) is 0 Å². The third-order valence-electron chi connectivity index (χ3n) is 4.17. The summed E-state index contributed by atoms with van der Waals surface area (Å²) >= 11 is 11.4. The molecule has 0 saturated heterocycles. The number of para-hydroxylation sites is 2. The van der Waals surface area contributed by atoms with E-state index in [9.17, 15) is 0 Å². The molecule has 0 aliphatic heterocycles. The van der Waals surface area contributed by atoms with Crippen LogP contribution in [0.5, 0.6) is 0 Å². The van der Waals surface area contributed by atoms with Gasteiger partial charge in [0.25, 0.3) is 0 Å². The van der Waals surface area contributed by atoms with E-state index in [1.165, 1.54) is 5.56 Å². The maximum absolute atomic E-state index is 5.93. The van der Waals surface area contributed by atoms with Gasteiger partial charge in [0.2, 0.25) is 5.95 Å². The molecular weight excluding hydrogens is 376 g/mol. The Morgan fingerprint density at radius 3 is 2.37 bits per heavy atom. The van der Waals surface area contributed by atoms with E-state index in [-0.39, 0.29) is 0 Å². The Morgan fingerprint density at radius 2 is 1.59 bits per heavy atom. The molecule has 0 atom stereocenters. The molecule has 0 unspecified atom stereocenters. The van der Waals surface area contributed by atoms with Gasteiger partial charge >= 0.3 is 0 Å². The Labute approximate surface area is 167 Å². The van der Waals surface area contributed by atoms with E-state index in [0.717, 1.165) is 16.7 Å². The first-order valence-electron chi connectivity index (χ1n) is 8.52. The van der Waals surface area contributed by atoms with E-state index < -0.39 is 0 Å². The third-order valence-corrected chi connectivity index (χ3v) is 4.62. The molecule has 0 amide bonds. The molecule has 0 spiro atoms. The number of nitrogens with zero attached hydrogens (tertiary/aromatic N) is 2. The molecule has 134 valence electrons. The smallest absolute Gasteiger partial charge is 0.210 e. The van der Waals surface area contributed by atoms with Crippen molar-refractivity contribution in [2.75, 3.05) is 10.6 Å². The number of nitrogens with one attached hydrogen (secondary N) is 2. The van der Waals surface area contributed by atoms with E-state index in [1.807, 2.05) is 60.7 Å². The number of benzene rings is 3. The van der Waals surface area contributed by atoms with Crippen molar-refractivity contribution in [2.45, 2.75) is 6.54 Å². The summed E-state index contributed by atoms with van der Waals surface area (Å²) in [5.41, 5.74) is 4.03. The number of halogens is 1. The Hall–Kier alpha value is -2.89. The lowest BCUT2D eigenvalue weighted by Crippen LogP contribution is -2.21. The molecule has 0 fully saturated rings. The summed E-state index contributed by atoms with van der Waals surface area (Å²) in [7, 11) is 0. The highest BCUT2D eigenvalue weighted by atomic mass is 35.5. The largest absolute Gasteiger partial charge is 0.332 e. The Kier molecular flexibility index (Phi) is 5.05. The highest BCUT2D eigenvalue weighted by molar-refractivity contribution is 7.80. The number of rotatable bonds is 4. The van der Waals surface area contributed by atoms with Crippen molar-refractivity contribution in [2.24, 2.45) is 0 Å². The SMILES string of the molecule is S=C(Nc1ccc(Cl)cc1)Nc1nc2ccccc2n1Cc1ccccc1. The first-order chi connectivity index (χ1) is 13.2. The van der Waals surface area contributed by atoms with Crippen LogP contribution in [0.2, 0.25) is 5.02 Å². The van der Waals surface area contributed by atoms with E-state index in [0.29, 0.717) is 22.6 Å². The molecule has 6 heteroatoms. The van der Waals surface area contributed by atoms with Crippen LogP contribution in [0.3, 0.4) is 0 Å². The Bertz CT molecular complexity index is 1070. The third kappa shape index (κ3) is 4.10. The van der Waals surface area contributed by atoms with Crippen molar-refractivity contribution in [3.63, 3.8) is 0 Å². The zero-order valence-corrected chi connectivity index (χ0v) is 16.0. The van der Waals surface area contributed by atoms with Gasteiger partial charge in [-0.25, -0.2) is 4.98 Å². The van der Waals surface area contributed by atoms with Gasteiger partial charge < -0.3 is 15.2 Å². The van der Waals surface area contributed by atoms with Crippen LogP contribution in [0.1, 0.15) is 5.56 Å². The number of hydrogen-bond acceptors (Lipinski definition) is 2. The first kappa shape index (κ1) is 17.5. The minimum Gasteiger partial charge on any atom is -0.332 e. The van der Waals surface area contributed by atoms with Crippen LogP contribution in [0.15, 0.2) is 78.9 Å². The lowest BCUT2D eigenvalue weighted by Gasteiger charge is -2.13. The highest BCUT2D eigenvalue weighted by Crippen LogP contribution is 2.22. The van der Waals surface area contributed by atoms with Crippen LogP contribution in [0.25, 0.3) is 11.0 Å². The number of fused-ring (bicyclic) bond motifs is 1. The zero-order valence-electron chi connectivity index (χ0n) is 14.4. The zero-order chi connectivity index (χ0) is 18.6. The number of anilines is 2. The summed E-state index contributed by atoms with van der Waals surface area (Å²) in [5.74, 6) is 0.700. The molecular formula is C21H17ClN4S. The molecule has 0 bridgehead atoms. The molecule has 1 aromatic heterocycles. The van der Waals surface area contributed by atoms with Crippen LogP contribution in [-0.2, 0) is 6.54 Å². The maximum atomic E-state index is 5.93. The van der Waals surface area contributed by atoms with Gasteiger partial charge in [-0.05, 0) is 54.2 Å². The van der Waals surface area contributed by atoms with E-state index in [4.69, 9.17) is 28.8 Å². The van der Waals surface area contributed by atoms with Gasteiger partial charge in [-0.2, -0.15) is 0 Å². The number of hydrogen-bond donors (Lipinski definition) is 2. The number of imidazole rings is 1. The molecule has 3 aromatic carbocycles. The van der Waals surface area contributed by atoms with Crippen LogP contribution in [-0.4, -0.2) is 14.7 Å². The van der Waals surface area contributed by atoms with Crippen molar-refractivity contribution in [1.29, 1.82) is 0 Å². The second kappa shape index (κ2) is 7.78. The van der Waals surface area contributed by atoms with Crippen LogP contribution >= 0.6 is 23.8 Å². The molecule has 4 aromatic rings. The number of thiocarbonyl (C=S) groups is 1. The Balaban J connectivity index is 1.61. The summed E-state index contributed by atoms with van der Waals surface area (Å²) in [6.45, 7) is 0.702. The molecule has 27 heavy (non-hydrogen) atoms.